The predicted molar refractivity (Wildman–Crippen MR) is 83.4 cm³/mol. The molecule has 0 aliphatic rings. The molecule has 0 bridgehead atoms. The SMILES string of the molecule is C[C@@H](NCc1ccc2ccccc2n1)c1cccc(F)c1. The highest BCUT2D eigenvalue weighted by Crippen LogP contribution is 2.15. The molecule has 3 aromatic rings. The smallest absolute Gasteiger partial charge is 0.123 e. The summed E-state index contributed by atoms with van der Waals surface area (Å²) >= 11 is 0. The van der Waals surface area contributed by atoms with Gasteiger partial charge in [0.25, 0.3) is 0 Å². The number of nitrogens with zero attached hydrogens (tertiary/aromatic N) is 1. The molecule has 1 atom stereocenters. The third-order valence-electron chi connectivity index (χ3n) is 3.59. The van der Waals surface area contributed by atoms with Crippen molar-refractivity contribution in [2.24, 2.45) is 0 Å². The number of fused-ring (bicyclic) bond motifs is 1. The molecule has 0 aliphatic heterocycles. The van der Waals surface area contributed by atoms with E-state index in [4.69, 9.17) is 0 Å². The Morgan fingerprint density at radius 2 is 1.90 bits per heavy atom. The normalized spacial score (nSPS) is 12.5. The third-order valence-corrected chi connectivity index (χ3v) is 3.59. The number of benzene rings is 2. The highest BCUT2D eigenvalue weighted by atomic mass is 19.1. The van der Waals surface area contributed by atoms with Gasteiger partial charge in [0, 0.05) is 18.0 Å². The number of rotatable bonds is 4. The largest absolute Gasteiger partial charge is 0.305 e. The van der Waals surface area contributed by atoms with Gasteiger partial charge in [0.1, 0.15) is 5.82 Å². The van der Waals surface area contributed by atoms with Crippen molar-refractivity contribution in [3.05, 3.63) is 77.7 Å². The Labute approximate surface area is 123 Å². The maximum atomic E-state index is 13.2. The van der Waals surface area contributed by atoms with Gasteiger partial charge in [-0.15, -0.1) is 0 Å². The van der Waals surface area contributed by atoms with E-state index >= 15 is 0 Å². The molecule has 0 radical (unpaired) electrons. The first-order valence-electron chi connectivity index (χ1n) is 7.06. The fraction of sp³-hybridized carbons (Fsp3) is 0.167. The minimum Gasteiger partial charge on any atom is -0.305 e. The minimum atomic E-state index is -0.204. The highest BCUT2D eigenvalue weighted by molar-refractivity contribution is 5.78. The van der Waals surface area contributed by atoms with Crippen LogP contribution in [0.3, 0.4) is 0 Å². The minimum absolute atomic E-state index is 0.0778. The van der Waals surface area contributed by atoms with Gasteiger partial charge < -0.3 is 5.32 Å². The first-order valence-corrected chi connectivity index (χ1v) is 7.06. The van der Waals surface area contributed by atoms with Crippen molar-refractivity contribution in [2.75, 3.05) is 0 Å². The summed E-state index contributed by atoms with van der Waals surface area (Å²) < 4.78 is 13.2. The van der Waals surface area contributed by atoms with Gasteiger partial charge in [-0.05, 0) is 36.8 Å². The van der Waals surface area contributed by atoms with Crippen LogP contribution in [0.5, 0.6) is 0 Å². The van der Waals surface area contributed by atoms with Crippen LogP contribution in [0.2, 0.25) is 0 Å². The maximum absolute atomic E-state index is 13.2. The van der Waals surface area contributed by atoms with E-state index in [9.17, 15) is 4.39 Å². The summed E-state index contributed by atoms with van der Waals surface area (Å²) in [5.41, 5.74) is 2.92. The van der Waals surface area contributed by atoms with Gasteiger partial charge in [-0.2, -0.15) is 0 Å². The molecule has 0 saturated heterocycles. The summed E-state index contributed by atoms with van der Waals surface area (Å²) in [5.74, 6) is -0.204. The zero-order chi connectivity index (χ0) is 14.7. The average Bonchev–Trinajstić information content (AvgIpc) is 2.52. The summed E-state index contributed by atoms with van der Waals surface area (Å²) in [7, 11) is 0. The Kier molecular flexibility index (Phi) is 3.93. The van der Waals surface area contributed by atoms with Crippen LogP contribution in [0, 0.1) is 5.82 Å². The van der Waals surface area contributed by atoms with E-state index in [0.29, 0.717) is 6.54 Å². The average molecular weight is 280 g/mol. The quantitative estimate of drug-likeness (QED) is 0.773. The predicted octanol–water partition coefficient (Wildman–Crippen LogP) is 4.22. The van der Waals surface area contributed by atoms with E-state index in [0.717, 1.165) is 22.2 Å². The van der Waals surface area contributed by atoms with E-state index in [2.05, 4.69) is 22.4 Å². The topological polar surface area (TPSA) is 24.9 Å². The van der Waals surface area contributed by atoms with E-state index in [1.54, 1.807) is 12.1 Å². The van der Waals surface area contributed by atoms with Crippen LogP contribution in [0.15, 0.2) is 60.7 Å². The van der Waals surface area contributed by atoms with Crippen molar-refractivity contribution in [3.63, 3.8) is 0 Å². The molecule has 0 unspecified atom stereocenters. The van der Waals surface area contributed by atoms with E-state index in [-0.39, 0.29) is 11.9 Å². The van der Waals surface area contributed by atoms with Crippen molar-refractivity contribution in [1.82, 2.24) is 10.3 Å². The van der Waals surface area contributed by atoms with Gasteiger partial charge in [-0.1, -0.05) is 36.4 Å². The van der Waals surface area contributed by atoms with Crippen molar-refractivity contribution in [2.45, 2.75) is 19.5 Å². The number of para-hydroxylation sites is 1. The summed E-state index contributed by atoms with van der Waals surface area (Å²) in [6.07, 6.45) is 0. The summed E-state index contributed by atoms with van der Waals surface area (Å²) in [4.78, 5) is 4.62. The lowest BCUT2D eigenvalue weighted by atomic mass is 10.1. The van der Waals surface area contributed by atoms with Crippen LogP contribution in [-0.2, 0) is 6.54 Å². The lowest BCUT2D eigenvalue weighted by Crippen LogP contribution is -2.18. The van der Waals surface area contributed by atoms with E-state index in [1.165, 1.54) is 6.07 Å². The van der Waals surface area contributed by atoms with E-state index in [1.807, 2.05) is 37.3 Å². The Balaban J connectivity index is 1.71. The van der Waals surface area contributed by atoms with Gasteiger partial charge in [0.2, 0.25) is 0 Å². The second kappa shape index (κ2) is 6.02. The fourth-order valence-corrected chi connectivity index (χ4v) is 2.36. The molecule has 1 aromatic heterocycles. The van der Waals surface area contributed by atoms with Crippen molar-refractivity contribution >= 4 is 10.9 Å². The molecule has 3 heteroatoms. The number of nitrogens with one attached hydrogen (secondary N) is 1. The van der Waals surface area contributed by atoms with Crippen molar-refractivity contribution < 1.29 is 4.39 Å². The first-order chi connectivity index (χ1) is 10.2. The zero-order valence-electron chi connectivity index (χ0n) is 11.9. The standard InChI is InChI=1S/C18H17FN2/c1-13(15-6-4-7-16(19)11-15)20-12-17-10-9-14-5-2-3-8-18(14)21-17/h2-11,13,20H,12H2,1H3/t13-/m1/s1. The van der Waals surface area contributed by atoms with Gasteiger partial charge in [-0.25, -0.2) is 4.39 Å². The number of halogens is 1. The second-order valence-corrected chi connectivity index (χ2v) is 5.15. The van der Waals surface area contributed by atoms with Crippen LogP contribution < -0.4 is 5.32 Å². The molecule has 2 nitrogen and oxygen atoms in total. The number of aromatic nitrogens is 1. The Hall–Kier alpha value is -2.26. The van der Waals surface area contributed by atoms with Gasteiger partial charge >= 0.3 is 0 Å². The van der Waals surface area contributed by atoms with Crippen molar-refractivity contribution in [3.8, 4) is 0 Å². The third kappa shape index (κ3) is 3.26. The molecule has 2 aromatic carbocycles. The van der Waals surface area contributed by atoms with Gasteiger partial charge in [0.05, 0.1) is 11.2 Å². The Morgan fingerprint density at radius 3 is 2.76 bits per heavy atom. The molecule has 0 saturated carbocycles. The molecule has 0 amide bonds. The molecule has 21 heavy (non-hydrogen) atoms. The van der Waals surface area contributed by atoms with Crippen LogP contribution >= 0.6 is 0 Å². The Morgan fingerprint density at radius 1 is 1.05 bits per heavy atom. The molecule has 0 fully saturated rings. The number of hydrogen-bond acceptors (Lipinski definition) is 2. The molecular weight excluding hydrogens is 263 g/mol. The number of hydrogen-bond donors (Lipinski definition) is 1. The summed E-state index contributed by atoms with van der Waals surface area (Å²) in [6.45, 7) is 2.68. The molecule has 3 rings (SSSR count). The van der Waals surface area contributed by atoms with E-state index < -0.39 is 0 Å². The molecule has 1 heterocycles. The molecule has 106 valence electrons. The monoisotopic (exact) mass is 280 g/mol. The lowest BCUT2D eigenvalue weighted by Gasteiger charge is -2.14. The van der Waals surface area contributed by atoms with Gasteiger partial charge in [0.15, 0.2) is 0 Å². The van der Waals surface area contributed by atoms with Crippen LogP contribution in [-0.4, -0.2) is 4.98 Å². The van der Waals surface area contributed by atoms with Crippen LogP contribution in [0.1, 0.15) is 24.2 Å². The lowest BCUT2D eigenvalue weighted by molar-refractivity contribution is 0.560. The fourth-order valence-electron chi connectivity index (χ4n) is 2.36. The first kappa shape index (κ1) is 13.7. The highest BCUT2D eigenvalue weighted by Gasteiger charge is 2.06. The molecular formula is C18H17FN2. The van der Waals surface area contributed by atoms with Crippen LogP contribution in [0.4, 0.5) is 4.39 Å². The summed E-state index contributed by atoms with van der Waals surface area (Å²) in [6, 6.07) is 18.9. The Bertz CT molecular complexity index is 755. The molecule has 0 spiro atoms. The number of pyridine rings is 1. The van der Waals surface area contributed by atoms with Gasteiger partial charge in [-0.3, -0.25) is 4.98 Å². The second-order valence-electron chi connectivity index (χ2n) is 5.15. The zero-order valence-corrected chi connectivity index (χ0v) is 11.9. The molecule has 0 aliphatic carbocycles. The van der Waals surface area contributed by atoms with Crippen molar-refractivity contribution in [1.29, 1.82) is 0 Å². The maximum Gasteiger partial charge on any atom is 0.123 e. The molecule has 1 N–H and O–H groups in total. The van der Waals surface area contributed by atoms with Crippen LogP contribution in [0.25, 0.3) is 10.9 Å². The summed E-state index contributed by atoms with van der Waals surface area (Å²) in [5, 5.41) is 4.52.